The average molecular weight is 247 g/mol. The van der Waals surface area contributed by atoms with E-state index in [1.54, 1.807) is 7.11 Å². The Morgan fingerprint density at radius 1 is 1.61 bits per heavy atom. The van der Waals surface area contributed by atoms with Crippen molar-refractivity contribution in [2.45, 2.75) is 12.6 Å². The number of nitrogens with zero attached hydrogens (tertiary/aromatic N) is 2. The van der Waals surface area contributed by atoms with Gasteiger partial charge in [0.05, 0.1) is 19.8 Å². The molecule has 0 spiro atoms. The molecule has 1 aliphatic rings. The molecule has 1 aromatic rings. The summed E-state index contributed by atoms with van der Waals surface area (Å²) >= 11 is 0. The van der Waals surface area contributed by atoms with E-state index < -0.39 is 0 Å². The van der Waals surface area contributed by atoms with Gasteiger partial charge in [-0.3, -0.25) is 4.90 Å². The third-order valence-electron chi connectivity index (χ3n) is 3.00. The Bertz CT molecular complexity index is 456. The molecule has 2 rings (SSSR count). The molecule has 0 amide bonds. The van der Waals surface area contributed by atoms with Gasteiger partial charge in [0.25, 0.3) is 0 Å². The van der Waals surface area contributed by atoms with E-state index in [-0.39, 0.29) is 6.10 Å². The number of methoxy groups -OCH3 is 1. The first kappa shape index (κ1) is 12.7. The van der Waals surface area contributed by atoms with Crippen LogP contribution in [0.4, 0.5) is 5.69 Å². The van der Waals surface area contributed by atoms with Crippen LogP contribution in [0.5, 0.6) is 5.75 Å². The highest BCUT2D eigenvalue weighted by Crippen LogP contribution is 2.23. The summed E-state index contributed by atoms with van der Waals surface area (Å²) in [5.74, 6) is 0.787. The van der Waals surface area contributed by atoms with Gasteiger partial charge in [0.15, 0.2) is 6.10 Å². The number of hydrogen-bond acceptors (Lipinski definition) is 5. The van der Waals surface area contributed by atoms with Crippen molar-refractivity contribution in [1.82, 2.24) is 4.90 Å². The fraction of sp³-hybridized carbons (Fsp3) is 0.462. The molecule has 1 fully saturated rings. The number of nitrogens with two attached hydrogens (primary N) is 1. The van der Waals surface area contributed by atoms with Gasteiger partial charge in [0.1, 0.15) is 5.75 Å². The molecule has 18 heavy (non-hydrogen) atoms. The van der Waals surface area contributed by atoms with Crippen molar-refractivity contribution < 1.29 is 9.47 Å². The van der Waals surface area contributed by atoms with Gasteiger partial charge in [-0.05, 0) is 6.07 Å². The normalized spacial score (nSPS) is 20.3. The molecule has 0 aromatic heterocycles. The number of nitriles is 1. The predicted molar refractivity (Wildman–Crippen MR) is 68.0 cm³/mol. The molecule has 2 N–H and O–H groups in total. The molecular weight excluding hydrogens is 230 g/mol. The monoisotopic (exact) mass is 247 g/mol. The molecular formula is C13H17N3O2. The van der Waals surface area contributed by atoms with Gasteiger partial charge in [-0.2, -0.15) is 5.26 Å². The molecule has 0 saturated carbocycles. The van der Waals surface area contributed by atoms with E-state index in [9.17, 15) is 0 Å². The van der Waals surface area contributed by atoms with E-state index >= 15 is 0 Å². The molecule has 1 unspecified atom stereocenters. The lowest BCUT2D eigenvalue weighted by Crippen LogP contribution is -2.41. The van der Waals surface area contributed by atoms with Crippen LogP contribution in [0, 0.1) is 11.3 Å². The van der Waals surface area contributed by atoms with Crippen LogP contribution in [0.3, 0.4) is 0 Å². The van der Waals surface area contributed by atoms with Crippen molar-refractivity contribution in [2.75, 3.05) is 32.5 Å². The first-order valence-electron chi connectivity index (χ1n) is 5.89. The third-order valence-corrected chi connectivity index (χ3v) is 3.00. The molecule has 1 heterocycles. The minimum Gasteiger partial charge on any atom is -0.496 e. The molecule has 0 bridgehead atoms. The maximum atomic E-state index is 8.87. The van der Waals surface area contributed by atoms with Crippen molar-refractivity contribution >= 4 is 5.69 Å². The molecule has 0 radical (unpaired) electrons. The SMILES string of the molecule is COc1cc(N)ccc1CN1CCOC(C#N)C1. The zero-order chi connectivity index (χ0) is 13.0. The minimum absolute atomic E-state index is 0.335. The maximum absolute atomic E-state index is 8.87. The Morgan fingerprint density at radius 2 is 2.44 bits per heavy atom. The van der Waals surface area contributed by atoms with Crippen LogP contribution in [-0.2, 0) is 11.3 Å². The van der Waals surface area contributed by atoms with Gasteiger partial charge in [-0.25, -0.2) is 0 Å². The van der Waals surface area contributed by atoms with Crippen LogP contribution in [-0.4, -0.2) is 37.8 Å². The summed E-state index contributed by atoms with van der Waals surface area (Å²) in [4.78, 5) is 2.19. The summed E-state index contributed by atoms with van der Waals surface area (Å²) in [5.41, 5.74) is 7.48. The highest BCUT2D eigenvalue weighted by Gasteiger charge is 2.20. The van der Waals surface area contributed by atoms with Crippen LogP contribution in [0.1, 0.15) is 5.56 Å². The Labute approximate surface area is 107 Å². The Kier molecular flexibility index (Phi) is 4.03. The van der Waals surface area contributed by atoms with E-state index in [4.69, 9.17) is 20.5 Å². The van der Waals surface area contributed by atoms with E-state index in [1.807, 2.05) is 18.2 Å². The summed E-state index contributed by atoms with van der Waals surface area (Å²) in [6.07, 6.45) is -0.335. The average Bonchev–Trinajstić information content (AvgIpc) is 2.41. The van der Waals surface area contributed by atoms with E-state index in [0.717, 1.165) is 24.4 Å². The second kappa shape index (κ2) is 5.71. The zero-order valence-corrected chi connectivity index (χ0v) is 10.4. The van der Waals surface area contributed by atoms with E-state index in [2.05, 4.69) is 11.0 Å². The lowest BCUT2D eigenvalue weighted by molar-refractivity contribution is -0.00291. The first-order chi connectivity index (χ1) is 8.72. The van der Waals surface area contributed by atoms with Crippen LogP contribution in [0.2, 0.25) is 0 Å². The maximum Gasteiger partial charge on any atom is 0.156 e. The number of anilines is 1. The molecule has 1 aromatic carbocycles. The smallest absolute Gasteiger partial charge is 0.156 e. The standard InChI is InChI=1S/C13H17N3O2/c1-17-13-6-11(15)3-2-10(13)8-16-4-5-18-12(7-14)9-16/h2-3,6,12H,4-5,8-9,15H2,1H3. The first-order valence-corrected chi connectivity index (χ1v) is 5.89. The molecule has 1 saturated heterocycles. The summed E-state index contributed by atoms with van der Waals surface area (Å²) in [5, 5.41) is 8.87. The van der Waals surface area contributed by atoms with Crippen LogP contribution in [0.15, 0.2) is 18.2 Å². The number of rotatable bonds is 3. The summed E-state index contributed by atoms with van der Waals surface area (Å²) in [6.45, 7) is 2.79. The zero-order valence-electron chi connectivity index (χ0n) is 10.4. The number of nitrogen functional groups attached to an aromatic ring is 1. The van der Waals surface area contributed by atoms with Gasteiger partial charge in [0.2, 0.25) is 0 Å². The molecule has 0 aliphatic carbocycles. The van der Waals surface area contributed by atoms with E-state index in [1.165, 1.54) is 0 Å². The number of hydrogen-bond donors (Lipinski definition) is 1. The molecule has 1 atom stereocenters. The summed E-state index contributed by atoms with van der Waals surface area (Å²) in [6, 6.07) is 7.78. The number of morpholine rings is 1. The van der Waals surface area contributed by atoms with Gasteiger partial charge >= 0.3 is 0 Å². The Balaban J connectivity index is 2.07. The second-order valence-electron chi connectivity index (χ2n) is 4.29. The quantitative estimate of drug-likeness (QED) is 0.807. The second-order valence-corrected chi connectivity index (χ2v) is 4.29. The lowest BCUT2D eigenvalue weighted by atomic mass is 10.1. The molecule has 1 aliphatic heterocycles. The third kappa shape index (κ3) is 2.92. The van der Waals surface area contributed by atoms with Crippen molar-refractivity contribution in [2.24, 2.45) is 0 Å². The predicted octanol–water partition coefficient (Wildman–Crippen LogP) is 1.00. The van der Waals surface area contributed by atoms with Crippen molar-refractivity contribution in [3.8, 4) is 11.8 Å². The Hall–Kier alpha value is -1.77. The van der Waals surface area contributed by atoms with Crippen molar-refractivity contribution in [3.05, 3.63) is 23.8 Å². The van der Waals surface area contributed by atoms with Gasteiger partial charge in [0, 0.05) is 37.0 Å². The van der Waals surface area contributed by atoms with Crippen molar-refractivity contribution in [3.63, 3.8) is 0 Å². The van der Waals surface area contributed by atoms with Gasteiger partial charge in [-0.15, -0.1) is 0 Å². The molecule has 5 nitrogen and oxygen atoms in total. The molecule has 5 heteroatoms. The van der Waals surface area contributed by atoms with Gasteiger partial charge < -0.3 is 15.2 Å². The topological polar surface area (TPSA) is 71.5 Å². The largest absolute Gasteiger partial charge is 0.496 e. The fourth-order valence-electron chi connectivity index (χ4n) is 2.06. The van der Waals surface area contributed by atoms with Crippen LogP contribution >= 0.6 is 0 Å². The highest BCUT2D eigenvalue weighted by atomic mass is 16.5. The summed E-state index contributed by atoms with van der Waals surface area (Å²) in [7, 11) is 1.63. The van der Waals surface area contributed by atoms with Gasteiger partial charge in [-0.1, -0.05) is 6.07 Å². The highest BCUT2D eigenvalue weighted by molar-refractivity contribution is 5.48. The Morgan fingerprint density at radius 3 is 3.17 bits per heavy atom. The van der Waals surface area contributed by atoms with E-state index in [0.29, 0.717) is 18.8 Å². The number of benzene rings is 1. The minimum atomic E-state index is -0.335. The van der Waals surface area contributed by atoms with Crippen LogP contribution in [0.25, 0.3) is 0 Å². The van der Waals surface area contributed by atoms with Crippen LogP contribution < -0.4 is 10.5 Å². The molecule has 96 valence electrons. The van der Waals surface area contributed by atoms with Crippen molar-refractivity contribution in [1.29, 1.82) is 5.26 Å². The fourth-order valence-corrected chi connectivity index (χ4v) is 2.06. The number of ether oxygens (including phenoxy) is 2. The lowest BCUT2D eigenvalue weighted by Gasteiger charge is -2.30. The summed E-state index contributed by atoms with van der Waals surface area (Å²) < 4.78 is 10.6.